The maximum Gasteiger partial charge on any atom is 0.00922 e. The maximum atomic E-state index is 3.54. The van der Waals surface area contributed by atoms with E-state index in [9.17, 15) is 0 Å². The van der Waals surface area contributed by atoms with Crippen molar-refractivity contribution in [3.05, 3.63) is 11.6 Å². The first-order valence-corrected chi connectivity index (χ1v) is 9.32. The SMILES string of the molecule is CCCCC#C/C(=C\C12CC3CC(CC(C3)C1)C2)C(C)C. The Morgan fingerprint density at radius 3 is 2.14 bits per heavy atom. The molecule has 0 amide bonds. The predicted molar refractivity (Wildman–Crippen MR) is 90.8 cm³/mol. The lowest BCUT2D eigenvalue weighted by Gasteiger charge is -2.56. The van der Waals surface area contributed by atoms with Gasteiger partial charge in [0.2, 0.25) is 0 Å². The third kappa shape index (κ3) is 3.39. The summed E-state index contributed by atoms with van der Waals surface area (Å²) in [5.74, 6) is 10.7. The highest BCUT2D eigenvalue weighted by molar-refractivity contribution is 5.33. The summed E-state index contributed by atoms with van der Waals surface area (Å²) in [5, 5.41) is 0. The molecule has 0 unspecified atom stereocenters. The van der Waals surface area contributed by atoms with Gasteiger partial charge in [0.1, 0.15) is 0 Å². The molecule has 4 rings (SSSR count). The Hall–Kier alpha value is -0.700. The number of hydrogen-bond donors (Lipinski definition) is 0. The lowest BCUT2D eigenvalue weighted by atomic mass is 9.49. The molecule has 0 aromatic carbocycles. The topological polar surface area (TPSA) is 0 Å². The average molecular weight is 284 g/mol. The van der Waals surface area contributed by atoms with Crippen molar-refractivity contribution in [1.82, 2.24) is 0 Å². The zero-order valence-corrected chi connectivity index (χ0v) is 14.3. The Balaban J connectivity index is 1.78. The predicted octanol–water partition coefficient (Wildman–Crippen LogP) is 5.98. The van der Waals surface area contributed by atoms with Crippen molar-refractivity contribution in [2.75, 3.05) is 0 Å². The van der Waals surface area contributed by atoms with E-state index in [0.717, 1.165) is 24.2 Å². The highest BCUT2D eigenvalue weighted by Gasteiger charge is 2.49. The van der Waals surface area contributed by atoms with E-state index < -0.39 is 0 Å². The second-order valence-electron chi connectivity index (χ2n) is 8.44. The normalized spacial score (nSPS) is 37.7. The molecule has 4 aliphatic carbocycles. The second kappa shape index (κ2) is 6.20. The van der Waals surface area contributed by atoms with Crippen LogP contribution in [0.15, 0.2) is 11.6 Å². The van der Waals surface area contributed by atoms with E-state index in [0.29, 0.717) is 11.3 Å². The molecule has 0 nitrogen and oxygen atoms in total. The van der Waals surface area contributed by atoms with E-state index in [2.05, 4.69) is 38.7 Å². The Kier molecular flexibility index (Phi) is 4.49. The molecule has 4 aliphatic rings. The van der Waals surface area contributed by atoms with Crippen molar-refractivity contribution in [3.63, 3.8) is 0 Å². The minimum atomic E-state index is 0.536. The molecule has 4 fully saturated rings. The molecule has 0 aromatic rings. The summed E-state index contributed by atoms with van der Waals surface area (Å²) in [4.78, 5) is 0. The molecular weight excluding hydrogens is 252 g/mol. The van der Waals surface area contributed by atoms with Gasteiger partial charge in [-0.2, -0.15) is 0 Å². The Bertz CT molecular complexity index is 419. The first-order chi connectivity index (χ1) is 10.1. The molecule has 0 heteroatoms. The zero-order chi connectivity index (χ0) is 14.9. The van der Waals surface area contributed by atoms with Gasteiger partial charge in [0.15, 0.2) is 0 Å². The molecule has 4 bridgehead atoms. The molecule has 0 aromatic heterocycles. The Labute approximate surface area is 131 Å². The van der Waals surface area contributed by atoms with Crippen LogP contribution in [0.3, 0.4) is 0 Å². The van der Waals surface area contributed by atoms with E-state index in [-0.39, 0.29) is 0 Å². The molecule has 0 N–H and O–H groups in total. The van der Waals surface area contributed by atoms with Crippen LogP contribution in [0.4, 0.5) is 0 Å². The molecule has 21 heavy (non-hydrogen) atoms. The zero-order valence-electron chi connectivity index (χ0n) is 14.3. The van der Waals surface area contributed by atoms with Crippen LogP contribution in [0.25, 0.3) is 0 Å². The fraction of sp³-hybridized carbons (Fsp3) is 0.810. The molecule has 0 atom stereocenters. The van der Waals surface area contributed by atoms with Crippen LogP contribution in [-0.2, 0) is 0 Å². The first kappa shape index (κ1) is 15.2. The maximum absolute atomic E-state index is 3.54. The van der Waals surface area contributed by atoms with Gasteiger partial charge < -0.3 is 0 Å². The van der Waals surface area contributed by atoms with Gasteiger partial charge >= 0.3 is 0 Å². The van der Waals surface area contributed by atoms with Crippen LogP contribution in [0.5, 0.6) is 0 Å². The summed E-state index contributed by atoms with van der Waals surface area (Å²) >= 11 is 0. The molecule has 0 aliphatic heterocycles. The standard InChI is InChI=1S/C21H32/c1-4-5-6-7-8-20(16(2)3)15-21-12-17-9-18(13-21)11-19(10-17)14-21/h15-19H,4-6,9-14H2,1-3H3/b20-15+. The molecule has 0 heterocycles. The van der Waals surface area contributed by atoms with E-state index in [1.165, 1.54) is 56.9 Å². The van der Waals surface area contributed by atoms with Crippen molar-refractivity contribution < 1.29 is 0 Å². The van der Waals surface area contributed by atoms with Crippen LogP contribution < -0.4 is 0 Å². The van der Waals surface area contributed by atoms with Gasteiger partial charge in [0.05, 0.1) is 0 Å². The second-order valence-corrected chi connectivity index (χ2v) is 8.44. The number of unbranched alkanes of at least 4 members (excludes halogenated alkanes) is 2. The number of allylic oxidation sites excluding steroid dienone is 2. The lowest BCUT2D eigenvalue weighted by Crippen LogP contribution is -2.45. The molecule has 0 saturated heterocycles. The Morgan fingerprint density at radius 1 is 1.10 bits per heavy atom. The summed E-state index contributed by atoms with van der Waals surface area (Å²) in [6, 6.07) is 0. The monoisotopic (exact) mass is 284 g/mol. The minimum Gasteiger partial charge on any atom is -0.0982 e. The third-order valence-electron chi connectivity index (χ3n) is 6.06. The molecule has 4 saturated carbocycles. The van der Waals surface area contributed by atoms with Gasteiger partial charge in [-0.25, -0.2) is 0 Å². The summed E-state index contributed by atoms with van der Waals surface area (Å²) in [6.07, 6.45) is 15.2. The van der Waals surface area contributed by atoms with Crippen molar-refractivity contribution in [2.45, 2.75) is 78.6 Å². The summed E-state index contributed by atoms with van der Waals surface area (Å²) < 4.78 is 0. The van der Waals surface area contributed by atoms with E-state index in [4.69, 9.17) is 0 Å². The van der Waals surface area contributed by atoms with Crippen molar-refractivity contribution >= 4 is 0 Å². The summed E-state index contributed by atoms with van der Waals surface area (Å²) in [5.41, 5.74) is 1.97. The lowest BCUT2D eigenvalue weighted by molar-refractivity contribution is -0.0242. The number of hydrogen-bond acceptors (Lipinski definition) is 0. The van der Waals surface area contributed by atoms with Crippen LogP contribution in [0, 0.1) is 40.9 Å². The third-order valence-corrected chi connectivity index (χ3v) is 6.06. The summed E-state index contributed by atoms with van der Waals surface area (Å²) in [7, 11) is 0. The first-order valence-electron chi connectivity index (χ1n) is 9.32. The van der Waals surface area contributed by atoms with Crippen molar-refractivity contribution in [3.8, 4) is 11.8 Å². The van der Waals surface area contributed by atoms with E-state index in [1.54, 1.807) is 0 Å². The van der Waals surface area contributed by atoms with Gasteiger partial charge in [0.25, 0.3) is 0 Å². The molecular formula is C21H32. The quantitative estimate of drug-likeness (QED) is 0.440. The fourth-order valence-corrected chi connectivity index (χ4v) is 5.46. The minimum absolute atomic E-state index is 0.536. The molecule has 0 spiro atoms. The van der Waals surface area contributed by atoms with Gasteiger partial charge in [0, 0.05) is 12.0 Å². The highest BCUT2D eigenvalue weighted by Crippen LogP contribution is 2.60. The van der Waals surface area contributed by atoms with Crippen LogP contribution in [0.2, 0.25) is 0 Å². The highest BCUT2D eigenvalue weighted by atomic mass is 14.5. The smallest absolute Gasteiger partial charge is 0.00922 e. The fourth-order valence-electron chi connectivity index (χ4n) is 5.46. The van der Waals surface area contributed by atoms with Crippen molar-refractivity contribution in [2.24, 2.45) is 29.1 Å². The van der Waals surface area contributed by atoms with Crippen LogP contribution in [0.1, 0.15) is 78.6 Å². The van der Waals surface area contributed by atoms with Crippen LogP contribution in [-0.4, -0.2) is 0 Å². The van der Waals surface area contributed by atoms with Crippen molar-refractivity contribution in [1.29, 1.82) is 0 Å². The summed E-state index contributed by atoms with van der Waals surface area (Å²) in [6.45, 7) is 6.89. The average Bonchev–Trinajstić information content (AvgIpc) is 2.40. The van der Waals surface area contributed by atoms with Gasteiger partial charge in [-0.15, -0.1) is 0 Å². The molecule has 0 radical (unpaired) electrons. The number of rotatable bonds is 4. The van der Waals surface area contributed by atoms with Crippen LogP contribution >= 0.6 is 0 Å². The van der Waals surface area contributed by atoms with E-state index in [1.807, 2.05) is 0 Å². The van der Waals surface area contributed by atoms with Gasteiger partial charge in [-0.1, -0.05) is 45.1 Å². The van der Waals surface area contributed by atoms with Gasteiger partial charge in [-0.05, 0) is 74.0 Å². The largest absolute Gasteiger partial charge is 0.0982 e. The van der Waals surface area contributed by atoms with Gasteiger partial charge in [-0.3, -0.25) is 0 Å². The Morgan fingerprint density at radius 2 is 1.67 bits per heavy atom. The van der Waals surface area contributed by atoms with E-state index >= 15 is 0 Å². The molecule has 116 valence electrons.